The van der Waals surface area contributed by atoms with E-state index in [0.29, 0.717) is 0 Å². The molecule has 5 nitrogen and oxygen atoms in total. The summed E-state index contributed by atoms with van der Waals surface area (Å²) in [5.74, 6) is 0. The lowest BCUT2D eigenvalue weighted by atomic mass is 15.8. The summed E-state index contributed by atoms with van der Waals surface area (Å²) in [6.07, 6.45) is 0. The SMILES string of the molecule is O.O=P(O)(O)OCl.[AlH3]. The minimum atomic E-state index is -4.38. The molecular weight excluding hydrogens is 173 g/mol. The first kappa shape index (κ1) is 16.0. The van der Waals surface area contributed by atoms with E-state index in [0.717, 1.165) is 0 Å². The second-order valence-corrected chi connectivity index (χ2v) is 2.09. The normalized spacial score (nSPS) is 8.88. The Bertz CT molecular complexity index is 76.5. The molecule has 0 spiro atoms. The van der Waals surface area contributed by atoms with Gasteiger partial charge in [-0.1, -0.05) is 0 Å². The van der Waals surface area contributed by atoms with Gasteiger partial charge in [-0.15, -0.1) is 0 Å². The summed E-state index contributed by atoms with van der Waals surface area (Å²) in [7, 11) is -4.38. The van der Waals surface area contributed by atoms with Crippen LogP contribution in [0, 0.1) is 0 Å². The zero-order valence-electron chi connectivity index (χ0n) is 3.04. The van der Waals surface area contributed by atoms with Gasteiger partial charge in [0.1, 0.15) is 0 Å². The topological polar surface area (TPSA) is 98.3 Å². The van der Waals surface area contributed by atoms with Crippen molar-refractivity contribution in [3.05, 3.63) is 0 Å². The van der Waals surface area contributed by atoms with Crippen LogP contribution in [0.3, 0.4) is 0 Å². The maximum atomic E-state index is 9.34. The Morgan fingerprint density at radius 3 is 1.62 bits per heavy atom. The van der Waals surface area contributed by atoms with Crippen LogP contribution in [-0.4, -0.2) is 32.6 Å². The van der Waals surface area contributed by atoms with Crippen LogP contribution in [0.5, 0.6) is 0 Å². The third-order valence-electron chi connectivity index (χ3n) is 0.0899. The molecule has 0 amide bonds. The number of phosphoric acid groups is 1. The fourth-order valence-corrected chi connectivity index (χ4v) is 0. The zero-order chi connectivity index (χ0) is 5.21. The molecule has 0 saturated carbocycles. The molecule has 0 bridgehead atoms. The molecule has 0 radical (unpaired) electrons. The van der Waals surface area contributed by atoms with Gasteiger partial charge in [-0.2, -0.15) is 4.08 Å². The molecule has 8 heavy (non-hydrogen) atoms. The van der Waals surface area contributed by atoms with E-state index < -0.39 is 7.82 Å². The van der Waals surface area contributed by atoms with Gasteiger partial charge in [0, 0.05) is 0 Å². The summed E-state index contributed by atoms with van der Waals surface area (Å²) in [4.78, 5) is 15.2. The van der Waals surface area contributed by atoms with E-state index in [1.165, 1.54) is 0 Å². The monoisotopic (exact) mass is 180 g/mol. The second kappa shape index (κ2) is 6.02. The maximum Gasteiger partial charge on any atom is 0.486 e. The Morgan fingerprint density at radius 2 is 1.62 bits per heavy atom. The maximum absolute atomic E-state index is 9.34. The molecular formula is H7AlClO5P. The molecule has 0 fully saturated rings. The van der Waals surface area contributed by atoms with Crippen LogP contribution in [0.2, 0.25) is 0 Å². The molecule has 0 saturated heterocycles. The summed E-state index contributed by atoms with van der Waals surface area (Å²) in [6.45, 7) is 0. The molecule has 4 N–H and O–H groups in total. The van der Waals surface area contributed by atoms with Gasteiger partial charge in [0.15, 0.2) is 17.4 Å². The highest BCUT2D eigenvalue weighted by molar-refractivity contribution is 7.47. The molecule has 8 heteroatoms. The summed E-state index contributed by atoms with van der Waals surface area (Å²) >= 11 is 4.21. The lowest BCUT2D eigenvalue weighted by Crippen LogP contribution is -1.70. The first-order valence-electron chi connectivity index (χ1n) is 0.919. The number of halogens is 1. The van der Waals surface area contributed by atoms with Gasteiger partial charge >= 0.3 is 7.82 Å². The van der Waals surface area contributed by atoms with Crippen molar-refractivity contribution in [2.75, 3.05) is 0 Å². The highest BCUT2D eigenvalue weighted by Crippen LogP contribution is 2.36. The summed E-state index contributed by atoms with van der Waals surface area (Å²) in [6, 6.07) is 0. The Hall–Kier alpha value is 0.892. The van der Waals surface area contributed by atoms with Gasteiger partial charge in [-0.25, -0.2) is 4.57 Å². The van der Waals surface area contributed by atoms with Gasteiger partial charge in [0.25, 0.3) is 0 Å². The third-order valence-corrected chi connectivity index (χ3v) is 0.809. The first-order valence-corrected chi connectivity index (χ1v) is 2.76. The molecule has 0 atom stereocenters. The van der Waals surface area contributed by atoms with Crippen molar-refractivity contribution < 1.29 is 23.9 Å². The molecule has 0 rings (SSSR count). The largest absolute Gasteiger partial charge is 0.486 e. The average molecular weight is 180 g/mol. The van der Waals surface area contributed by atoms with Crippen molar-refractivity contribution >= 4 is 37.0 Å². The van der Waals surface area contributed by atoms with E-state index in [1.54, 1.807) is 0 Å². The molecule has 0 aromatic carbocycles. The van der Waals surface area contributed by atoms with Gasteiger partial charge in [0.2, 0.25) is 0 Å². The molecule has 0 aromatic rings. The number of rotatable bonds is 1. The standard InChI is InChI=1S/Al.ClH2O4P.H2O.3H/c;1-5-6(2,3)4;;;;/h;(H2,2,3,4);1H2;;;. The summed E-state index contributed by atoms with van der Waals surface area (Å²) < 4.78 is 12.4. The van der Waals surface area contributed by atoms with Crippen LogP contribution in [0.1, 0.15) is 0 Å². The van der Waals surface area contributed by atoms with E-state index in [4.69, 9.17) is 9.79 Å². The Labute approximate surface area is 61.5 Å². The van der Waals surface area contributed by atoms with Crippen molar-refractivity contribution in [3.63, 3.8) is 0 Å². The molecule has 0 heterocycles. The molecule has 0 aliphatic rings. The van der Waals surface area contributed by atoms with Gasteiger partial charge < -0.3 is 15.3 Å². The predicted molar refractivity (Wildman–Crippen MR) is 32.5 cm³/mol. The van der Waals surface area contributed by atoms with E-state index in [9.17, 15) is 4.57 Å². The number of hydrogen-bond acceptors (Lipinski definition) is 2. The predicted octanol–water partition coefficient (Wildman–Crippen LogP) is -1.76. The third kappa shape index (κ3) is 15.8. The van der Waals surface area contributed by atoms with Gasteiger partial charge in [0.05, 0.1) is 11.9 Å². The van der Waals surface area contributed by atoms with Gasteiger partial charge in [-0.05, 0) is 0 Å². The molecule has 0 aromatic heterocycles. The number of hydrogen-bond donors (Lipinski definition) is 2. The second-order valence-electron chi connectivity index (χ2n) is 0.560. The van der Waals surface area contributed by atoms with Crippen molar-refractivity contribution in [1.29, 1.82) is 0 Å². The van der Waals surface area contributed by atoms with E-state index in [1.807, 2.05) is 0 Å². The quantitative estimate of drug-likeness (QED) is 0.369. The van der Waals surface area contributed by atoms with Gasteiger partial charge in [-0.3, -0.25) is 0 Å². The highest BCUT2D eigenvalue weighted by atomic mass is 35.5. The molecule has 0 aliphatic heterocycles. The first-order chi connectivity index (χ1) is 2.56. The van der Waals surface area contributed by atoms with Crippen molar-refractivity contribution in [2.24, 2.45) is 0 Å². The molecule has 0 unspecified atom stereocenters. The van der Waals surface area contributed by atoms with Crippen molar-refractivity contribution in [2.45, 2.75) is 0 Å². The van der Waals surface area contributed by atoms with E-state index >= 15 is 0 Å². The average Bonchev–Trinajstić information content (AvgIpc) is 1.35. The Morgan fingerprint density at radius 1 is 1.50 bits per heavy atom. The van der Waals surface area contributed by atoms with Crippen LogP contribution in [0.4, 0.5) is 0 Å². The lowest BCUT2D eigenvalue weighted by Gasteiger charge is -1.89. The fourth-order valence-electron chi connectivity index (χ4n) is 0. The summed E-state index contributed by atoms with van der Waals surface area (Å²) in [5.41, 5.74) is 0. The van der Waals surface area contributed by atoms with Crippen LogP contribution in [0.15, 0.2) is 0 Å². The fraction of sp³-hybridized carbons (Fsp3) is 0. The van der Waals surface area contributed by atoms with E-state index in [2.05, 4.69) is 15.9 Å². The van der Waals surface area contributed by atoms with Crippen molar-refractivity contribution in [1.82, 2.24) is 0 Å². The van der Waals surface area contributed by atoms with Crippen LogP contribution in [-0.2, 0) is 8.64 Å². The minimum Gasteiger partial charge on any atom is -0.412 e. The van der Waals surface area contributed by atoms with Crippen LogP contribution < -0.4 is 0 Å². The zero-order valence-corrected chi connectivity index (χ0v) is 4.69. The Kier molecular flexibility index (Phi) is 12.0. The van der Waals surface area contributed by atoms with Crippen molar-refractivity contribution in [3.8, 4) is 0 Å². The smallest absolute Gasteiger partial charge is 0.412 e. The minimum absolute atomic E-state index is 0. The summed E-state index contributed by atoms with van der Waals surface area (Å²) in [5, 5.41) is 0. The highest BCUT2D eigenvalue weighted by Gasteiger charge is 2.10. The van der Waals surface area contributed by atoms with E-state index in [-0.39, 0.29) is 22.8 Å². The molecule has 52 valence electrons. The molecule has 0 aliphatic carbocycles. The lowest BCUT2D eigenvalue weighted by molar-refractivity contribution is 0.292. The Balaban J connectivity index is -0.000000125. The van der Waals surface area contributed by atoms with Crippen LogP contribution in [0.25, 0.3) is 0 Å². The van der Waals surface area contributed by atoms with Crippen LogP contribution >= 0.6 is 19.7 Å².